The quantitative estimate of drug-likeness (QED) is 0.750. The van der Waals surface area contributed by atoms with Gasteiger partial charge in [0.1, 0.15) is 6.54 Å². The summed E-state index contributed by atoms with van der Waals surface area (Å²) < 4.78 is 8.52. The smallest absolute Gasteiger partial charge is 0.329 e. The van der Waals surface area contributed by atoms with Crippen LogP contribution in [-0.2, 0) is 23.1 Å². The summed E-state index contributed by atoms with van der Waals surface area (Å²) in [6.45, 7) is 6.16. The van der Waals surface area contributed by atoms with Crippen LogP contribution >= 0.6 is 0 Å². The molecule has 0 bridgehead atoms. The van der Waals surface area contributed by atoms with Crippen LogP contribution in [0.3, 0.4) is 0 Å². The van der Waals surface area contributed by atoms with Crippen molar-refractivity contribution in [1.82, 2.24) is 14.5 Å². The summed E-state index contributed by atoms with van der Waals surface area (Å²) in [6.07, 6.45) is 0.767. The number of fused-ring (bicyclic) bond motifs is 1. The third-order valence-electron chi connectivity index (χ3n) is 3.59. The number of rotatable bonds is 8. The molecule has 1 N–H and O–H groups in total. The van der Waals surface area contributed by atoms with Crippen molar-refractivity contribution in [2.75, 3.05) is 19.8 Å². The van der Waals surface area contributed by atoms with Gasteiger partial charge >= 0.3 is 5.69 Å². The lowest BCUT2D eigenvalue weighted by Gasteiger charge is -2.08. The molecule has 6 heteroatoms. The Hall–Kier alpha value is -2.08. The van der Waals surface area contributed by atoms with E-state index in [1.54, 1.807) is 11.6 Å². The van der Waals surface area contributed by atoms with Gasteiger partial charge in [0, 0.05) is 26.8 Å². The maximum Gasteiger partial charge on any atom is 0.329 e. The van der Waals surface area contributed by atoms with E-state index in [-0.39, 0.29) is 18.1 Å². The summed E-state index contributed by atoms with van der Waals surface area (Å²) in [6, 6.07) is 7.46. The van der Waals surface area contributed by atoms with E-state index in [4.69, 9.17) is 4.74 Å². The number of imidazole rings is 1. The molecule has 6 nitrogen and oxygen atoms in total. The van der Waals surface area contributed by atoms with Gasteiger partial charge in [-0.15, -0.1) is 0 Å². The van der Waals surface area contributed by atoms with Gasteiger partial charge in [0.15, 0.2) is 0 Å². The van der Waals surface area contributed by atoms with Crippen molar-refractivity contribution in [3.63, 3.8) is 0 Å². The molecule has 2 aromatic rings. The Morgan fingerprint density at radius 1 is 1.26 bits per heavy atom. The Morgan fingerprint density at radius 2 is 1.96 bits per heavy atom. The normalized spacial score (nSPS) is 11.3. The Balaban J connectivity index is 1.87. The van der Waals surface area contributed by atoms with Gasteiger partial charge in [0.05, 0.1) is 11.0 Å². The molecule has 0 saturated carbocycles. The van der Waals surface area contributed by atoms with Gasteiger partial charge in [0.2, 0.25) is 5.91 Å². The van der Waals surface area contributed by atoms with Gasteiger partial charge in [-0.25, -0.2) is 4.79 Å². The SMILES string of the molecule is CC(C)COCCCNC(=O)Cn1c(=O)n(C)c2ccccc21. The van der Waals surface area contributed by atoms with E-state index in [0.29, 0.717) is 19.1 Å². The minimum atomic E-state index is -0.179. The average molecular weight is 319 g/mol. The fourth-order valence-electron chi connectivity index (χ4n) is 2.44. The molecule has 23 heavy (non-hydrogen) atoms. The predicted molar refractivity (Wildman–Crippen MR) is 90.5 cm³/mol. The summed E-state index contributed by atoms with van der Waals surface area (Å²) in [7, 11) is 1.71. The van der Waals surface area contributed by atoms with Crippen molar-refractivity contribution >= 4 is 16.9 Å². The number of ether oxygens (including phenoxy) is 1. The van der Waals surface area contributed by atoms with Crippen LogP contribution in [0.15, 0.2) is 29.1 Å². The van der Waals surface area contributed by atoms with Gasteiger partial charge in [-0.3, -0.25) is 13.9 Å². The number of para-hydroxylation sites is 2. The van der Waals surface area contributed by atoms with Crippen molar-refractivity contribution < 1.29 is 9.53 Å². The second-order valence-electron chi connectivity index (χ2n) is 6.09. The van der Waals surface area contributed by atoms with Crippen LogP contribution in [0.1, 0.15) is 20.3 Å². The first-order valence-electron chi connectivity index (χ1n) is 7.99. The van der Waals surface area contributed by atoms with Gasteiger partial charge in [-0.05, 0) is 24.5 Å². The molecular formula is C17H25N3O3. The van der Waals surface area contributed by atoms with E-state index < -0.39 is 0 Å². The number of nitrogens with one attached hydrogen (secondary N) is 1. The maximum absolute atomic E-state index is 12.2. The molecule has 0 atom stereocenters. The third kappa shape index (κ3) is 4.45. The minimum absolute atomic E-state index is 0.0348. The number of amides is 1. The summed E-state index contributed by atoms with van der Waals surface area (Å²) >= 11 is 0. The lowest BCUT2D eigenvalue weighted by atomic mass is 10.2. The van der Waals surface area contributed by atoms with E-state index in [1.165, 1.54) is 4.57 Å². The topological polar surface area (TPSA) is 65.3 Å². The number of hydrogen-bond donors (Lipinski definition) is 1. The number of nitrogens with zero attached hydrogens (tertiary/aromatic N) is 2. The van der Waals surface area contributed by atoms with E-state index in [1.807, 2.05) is 24.3 Å². The number of aromatic nitrogens is 2. The Kier molecular flexibility index (Phi) is 5.98. The fourth-order valence-corrected chi connectivity index (χ4v) is 2.44. The molecule has 0 saturated heterocycles. The monoisotopic (exact) mass is 319 g/mol. The van der Waals surface area contributed by atoms with Crippen LogP contribution in [0.5, 0.6) is 0 Å². The fraction of sp³-hybridized carbons (Fsp3) is 0.529. The predicted octanol–water partition coefficient (Wildman–Crippen LogP) is 1.52. The highest BCUT2D eigenvalue weighted by molar-refractivity contribution is 5.80. The molecular weight excluding hydrogens is 294 g/mol. The highest BCUT2D eigenvalue weighted by Crippen LogP contribution is 2.10. The molecule has 0 fully saturated rings. The molecule has 0 spiro atoms. The largest absolute Gasteiger partial charge is 0.381 e. The summed E-state index contributed by atoms with van der Waals surface area (Å²) in [5.41, 5.74) is 1.42. The lowest BCUT2D eigenvalue weighted by molar-refractivity contribution is -0.121. The average Bonchev–Trinajstić information content (AvgIpc) is 2.76. The molecule has 2 rings (SSSR count). The molecule has 0 aliphatic heterocycles. The first-order chi connectivity index (χ1) is 11.0. The second-order valence-corrected chi connectivity index (χ2v) is 6.09. The van der Waals surface area contributed by atoms with Crippen LogP contribution in [-0.4, -0.2) is 34.8 Å². The lowest BCUT2D eigenvalue weighted by Crippen LogP contribution is -2.33. The molecule has 1 amide bonds. The van der Waals surface area contributed by atoms with Crippen LogP contribution in [0.2, 0.25) is 0 Å². The Labute approximate surface area is 136 Å². The van der Waals surface area contributed by atoms with Crippen molar-refractivity contribution in [1.29, 1.82) is 0 Å². The Morgan fingerprint density at radius 3 is 2.65 bits per heavy atom. The second kappa shape index (κ2) is 7.97. The highest BCUT2D eigenvalue weighted by atomic mass is 16.5. The third-order valence-corrected chi connectivity index (χ3v) is 3.59. The van der Waals surface area contributed by atoms with Crippen molar-refractivity contribution in [3.8, 4) is 0 Å². The summed E-state index contributed by atoms with van der Waals surface area (Å²) in [5, 5.41) is 2.83. The maximum atomic E-state index is 12.2. The molecule has 0 radical (unpaired) electrons. The van der Waals surface area contributed by atoms with Crippen molar-refractivity contribution in [2.45, 2.75) is 26.8 Å². The van der Waals surface area contributed by atoms with E-state index in [9.17, 15) is 9.59 Å². The zero-order valence-electron chi connectivity index (χ0n) is 14.0. The standard InChI is InChI=1S/C17H25N3O3/c1-13(2)12-23-10-6-9-18-16(21)11-20-15-8-5-4-7-14(15)19(3)17(20)22/h4-5,7-8,13H,6,9-12H2,1-3H3,(H,18,21). The molecule has 0 aliphatic rings. The van der Waals surface area contributed by atoms with Crippen LogP contribution in [0, 0.1) is 5.92 Å². The van der Waals surface area contributed by atoms with Crippen molar-refractivity contribution in [3.05, 3.63) is 34.7 Å². The van der Waals surface area contributed by atoms with E-state index in [2.05, 4.69) is 19.2 Å². The zero-order valence-corrected chi connectivity index (χ0v) is 14.0. The van der Waals surface area contributed by atoms with E-state index >= 15 is 0 Å². The molecule has 0 unspecified atom stereocenters. The number of carbonyl (C=O) groups is 1. The van der Waals surface area contributed by atoms with Gasteiger partial charge in [-0.2, -0.15) is 0 Å². The van der Waals surface area contributed by atoms with Crippen LogP contribution in [0.25, 0.3) is 11.0 Å². The molecule has 1 aromatic carbocycles. The zero-order chi connectivity index (χ0) is 16.8. The number of aryl methyl sites for hydroxylation is 1. The summed E-state index contributed by atoms with van der Waals surface area (Å²) in [5.74, 6) is 0.357. The van der Waals surface area contributed by atoms with Gasteiger partial charge in [-0.1, -0.05) is 26.0 Å². The molecule has 0 aliphatic carbocycles. The first-order valence-corrected chi connectivity index (χ1v) is 7.99. The van der Waals surface area contributed by atoms with Gasteiger partial charge in [0.25, 0.3) is 0 Å². The Bertz CT molecular complexity index is 715. The summed E-state index contributed by atoms with van der Waals surface area (Å²) in [4.78, 5) is 24.3. The highest BCUT2D eigenvalue weighted by Gasteiger charge is 2.12. The molecule has 1 heterocycles. The first kappa shape index (κ1) is 17.3. The number of benzene rings is 1. The minimum Gasteiger partial charge on any atom is -0.381 e. The number of carbonyl (C=O) groups excluding carboxylic acids is 1. The van der Waals surface area contributed by atoms with Crippen molar-refractivity contribution in [2.24, 2.45) is 13.0 Å². The van der Waals surface area contributed by atoms with Gasteiger partial charge < -0.3 is 10.1 Å². The van der Waals surface area contributed by atoms with E-state index in [0.717, 1.165) is 24.1 Å². The number of hydrogen-bond acceptors (Lipinski definition) is 3. The van der Waals surface area contributed by atoms with Crippen LogP contribution in [0.4, 0.5) is 0 Å². The van der Waals surface area contributed by atoms with Crippen LogP contribution < -0.4 is 11.0 Å². The molecule has 126 valence electrons. The molecule has 1 aromatic heterocycles.